The highest BCUT2D eigenvalue weighted by Gasteiger charge is 2.21. The largest absolute Gasteiger partial charge is 0.379 e. The van der Waals surface area contributed by atoms with Crippen LogP contribution in [0.3, 0.4) is 0 Å². The van der Waals surface area contributed by atoms with Crippen LogP contribution < -0.4 is 5.32 Å². The quantitative estimate of drug-likeness (QED) is 0.679. The van der Waals surface area contributed by atoms with Gasteiger partial charge in [-0.25, -0.2) is 4.39 Å². The molecule has 1 atom stereocenters. The second-order valence-corrected chi connectivity index (χ2v) is 5.25. The minimum Gasteiger partial charge on any atom is -0.379 e. The molecule has 1 aliphatic heterocycles. The van der Waals surface area contributed by atoms with Gasteiger partial charge < -0.3 is 5.32 Å². The van der Waals surface area contributed by atoms with E-state index in [1.54, 1.807) is 11.8 Å². The van der Waals surface area contributed by atoms with Gasteiger partial charge in [0.25, 0.3) is 0 Å². The Morgan fingerprint density at radius 3 is 2.78 bits per heavy atom. The van der Waals surface area contributed by atoms with Crippen molar-refractivity contribution in [2.24, 2.45) is 0 Å². The second-order valence-electron chi connectivity index (χ2n) is 4.10. The normalized spacial score (nSPS) is 19.6. The molecule has 2 rings (SSSR count). The summed E-state index contributed by atoms with van der Waals surface area (Å²) in [6, 6.07) is 1.55. The Morgan fingerprint density at radius 2 is 2.17 bits per heavy atom. The standard InChI is InChI=1S/C11H12F2N2O2S/c12-8-4-9(13)11(15(16)17)5-10(8)14-7-2-1-3-18-6-7/h4-5,7,14H,1-3,6H2. The number of rotatable bonds is 3. The first-order valence-corrected chi connectivity index (χ1v) is 6.71. The van der Waals surface area contributed by atoms with Gasteiger partial charge in [0.05, 0.1) is 10.6 Å². The number of hydrogen-bond donors (Lipinski definition) is 1. The molecule has 7 heteroatoms. The van der Waals surface area contributed by atoms with Crippen LogP contribution in [0.2, 0.25) is 0 Å². The fourth-order valence-electron chi connectivity index (χ4n) is 1.86. The molecule has 0 saturated carbocycles. The first-order valence-electron chi connectivity index (χ1n) is 5.55. The lowest BCUT2D eigenvalue weighted by atomic mass is 10.1. The van der Waals surface area contributed by atoms with E-state index in [1.807, 2.05) is 0 Å². The topological polar surface area (TPSA) is 55.2 Å². The summed E-state index contributed by atoms with van der Waals surface area (Å²) in [5.74, 6) is -0.0517. The molecule has 0 aliphatic carbocycles. The van der Waals surface area contributed by atoms with Crippen molar-refractivity contribution in [3.63, 3.8) is 0 Å². The summed E-state index contributed by atoms with van der Waals surface area (Å²) in [6.07, 6.45) is 1.91. The average Bonchev–Trinajstić information content (AvgIpc) is 2.33. The van der Waals surface area contributed by atoms with E-state index < -0.39 is 22.2 Å². The van der Waals surface area contributed by atoms with Gasteiger partial charge in [0.15, 0.2) is 0 Å². The van der Waals surface area contributed by atoms with Crippen molar-refractivity contribution in [2.45, 2.75) is 18.9 Å². The van der Waals surface area contributed by atoms with E-state index in [0.717, 1.165) is 30.4 Å². The summed E-state index contributed by atoms with van der Waals surface area (Å²) in [7, 11) is 0. The third-order valence-electron chi connectivity index (χ3n) is 2.75. The van der Waals surface area contributed by atoms with Gasteiger partial charge in [0, 0.05) is 23.9 Å². The molecule has 1 saturated heterocycles. The maximum Gasteiger partial charge on any atom is 0.307 e. The third kappa shape index (κ3) is 2.90. The summed E-state index contributed by atoms with van der Waals surface area (Å²) in [4.78, 5) is 9.74. The number of nitro groups is 1. The van der Waals surface area contributed by atoms with Crippen molar-refractivity contribution in [2.75, 3.05) is 16.8 Å². The molecule has 0 aromatic heterocycles. The number of anilines is 1. The van der Waals surface area contributed by atoms with Crippen LogP contribution in [0.4, 0.5) is 20.2 Å². The number of hydrogen-bond acceptors (Lipinski definition) is 4. The molecular formula is C11H12F2N2O2S. The van der Waals surface area contributed by atoms with Gasteiger partial charge in [-0.1, -0.05) is 0 Å². The Labute approximate surface area is 107 Å². The lowest BCUT2D eigenvalue weighted by Gasteiger charge is -2.23. The van der Waals surface area contributed by atoms with Gasteiger partial charge in [-0.05, 0) is 18.6 Å². The highest BCUT2D eigenvalue weighted by molar-refractivity contribution is 7.99. The van der Waals surface area contributed by atoms with E-state index in [-0.39, 0.29) is 11.7 Å². The minimum absolute atomic E-state index is 0.00407. The predicted octanol–water partition coefficient (Wildman–Crippen LogP) is 3.18. The van der Waals surface area contributed by atoms with Crippen LogP contribution >= 0.6 is 11.8 Å². The Kier molecular flexibility index (Phi) is 4.00. The highest BCUT2D eigenvalue weighted by atomic mass is 32.2. The Morgan fingerprint density at radius 1 is 1.39 bits per heavy atom. The van der Waals surface area contributed by atoms with Gasteiger partial charge >= 0.3 is 5.69 Å². The number of nitrogens with zero attached hydrogens (tertiary/aromatic N) is 1. The van der Waals surface area contributed by atoms with Crippen molar-refractivity contribution in [3.8, 4) is 0 Å². The molecule has 0 radical (unpaired) electrons. The zero-order valence-corrected chi connectivity index (χ0v) is 10.3. The summed E-state index contributed by atoms with van der Waals surface area (Å²) in [6.45, 7) is 0. The highest BCUT2D eigenvalue weighted by Crippen LogP contribution is 2.27. The molecule has 1 aromatic rings. The summed E-state index contributed by atoms with van der Waals surface area (Å²) in [5.41, 5.74) is -0.710. The third-order valence-corrected chi connectivity index (χ3v) is 3.97. The van der Waals surface area contributed by atoms with Crippen LogP contribution in [0.5, 0.6) is 0 Å². The number of halogens is 2. The number of nitrogens with one attached hydrogen (secondary N) is 1. The molecule has 1 unspecified atom stereocenters. The Bertz CT molecular complexity index is 465. The van der Waals surface area contributed by atoms with Crippen LogP contribution in [0.25, 0.3) is 0 Å². The monoisotopic (exact) mass is 274 g/mol. The SMILES string of the molecule is O=[N+]([O-])c1cc(NC2CCCSC2)c(F)cc1F. The summed E-state index contributed by atoms with van der Waals surface area (Å²) in [5, 5.41) is 13.5. The molecular weight excluding hydrogens is 262 g/mol. The van der Waals surface area contributed by atoms with Gasteiger partial charge in [0.1, 0.15) is 5.82 Å². The molecule has 4 nitrogen and oxygen atoms in total. The maximum atomic E-state index is 13.5. The van der Waals surface area contributed by atoms with Gasteiger partial charge in [-0.3, -0.25) is 10.1 Å². The first-order chi connectivity index (χ1) is 8.58. The average molecular weight is 274 g/mol. The van der Waals surface area contributed by atoms with Crippen LogP contribution in [-0.2, 0) is 0 Å². The minimum atomic E-state index is -1.15. The van der Waals surface area contributed by atoms with Gasteiger partial charge in [0.2, 0.25) is 5.82 Å². The summed E-state index contributed by atoms with van der Waals surface area (Å²) >= 11 is 1.75. The van der Waals surface area contributed by atoms with Crippen molar-refractivity contribution >= 4 is 23.1 Å². The van der Waals surface area contributed by atoms with Crippen molar-refractivity contribution < 1.29 is 13.7 Å². The number of thioether (sulfide) groups is 1. The number of benzene rings is 1. The molecule has 1 fully saturated rings. The van der Waals surface area contributed by atoms with Crippen LogP contribution in [0.15, 0.2) is 12.1 Å². The first kappa shape index (κ1) is 13.1. The van der Waals surface area contributed by atoms with Crippen LogP contribution in [0, 0.1) is 21.7 Å². The van der Waals surface area contributed by atoms with Crippen molar-refractivity contribution in [1.29, 1.82) is 0 Å². The fourth-order valence-corrected chi connectivity index (χ4v) is 2.93. The molecule has 0 amide bonds. The van der Waals surface area contributed by atoms with E-state index in [9.17, 15) is 18.9 Å². The Hall–Kier alpha value is -1.37. The molecule has 0 spiro atoms. The van der Waals surface area contributed by atoms with Crippen LogP contribution in [-0.4, -0.2) is 22.5 Å². The van der Waals surface area contributed by atoms with E-state index in [1.165, 1.54) is 0 Å². The molecule has 1 aromatic carbocycles. The predicted molar refractivity (Wildman–Crippen MR) is 67.0 cm³/mol. The van der Waals surface area contributed by atoms with E-state index >= 15 is 0 Å². The van der Waals surface area contributed by atoms with Crippen LogP contribution in [0.1, 0.15) is 12.8 Å². The molecule has 1 aliphatic rings. The lowest BCUT2D eigenvalue weighted by molar-refractivity contribution is -0.387. The zero-order chi connectivity index (χ0) is 13.1. The van der Waals surface area contributed by atoms with E-state index in [2.05, 4.69) is 5.32 Å². The smallest absolute Gasteiger partial charge is 0.307 e. The molecule has 1 heterocycles. The lowest BCUT2D eigenvalue weighted by Crippen LogP contribution is -2.26. The number of nitro benzene ring substituents is 1. The van der Waals surface area contributed by atoms with Crippen molar-refractivity contribution in [1.82, 2.24) is 0 Å². The molecule has 1 N–H and O–H groups in total. The van der Waals surface area contributed by atoms with E-state index in [0.29, 0.717) is 6.07 Å². The van der Waals surface area contributed by atoms with Gasteiger partial charge in [-0.2, -0.15) is 16.2 Å². The molecule has 98 valence electrons. The second kappa shape index (κ2) is 5.51. The zero-order valence-electron chi connectivity index (χ0n) is 9.49. The molecule has 0 bridgehead atoms. The maximum absolute atomic E-state index is 13.5. The van der Waals surface area contributed by atoms with E-state index in [4.69, 9.17) is 0 Å². The fraction of sp³-hybridized carbons (Fsp3) is 0.455. The Balaban J connectivity index is 2.21. The van der Waals surface area contributed by atoms with Gasteiger partial charge in [-0.15, -0.1) is 0 Å². The van der Waals surface area contributed by atoms with Crippen molar-refractivity contribution in [3.05, 3.63) is 33.9 Å². The summed E-state index contributed by atoms with van der Waals surface area (Å²) < 4.78 is 26.7. The molecule has 18 heavy (non-hydrogen) atoms.